The van der Waals surface area contributed by atoms with Crippen LogP contribution >= 0.6 is 12.4 Å². The molecule has 2 aromatic heterocycles. The number of fused-ring (bicyclic) bond motifs is 2. The number of hydrogen-bond acceptors (Lipinski definition) is 8. The molecule has 7 rings (SSSR count). The summed E-state index contributed by atoms with van der Waals surface area (Å²) in [7, 11) is 5.89. The summed E-state index contributed by atoms with van der Waals surface area (Å²) in [6.45, 7) is 3.30. The van der Waals surface area contributed by atoms with E-state index >= 15 is 0 Å². The highest BCUT2D eigenvalue weighted by atomic mass is 35.5. The van der Waals surface area contributed by atoms with E-state index in [1.165, 1.54) is 13.9 Å². The number of benzene rings is 4. The van der Waals surface area contributed by atoms with Crippen LogP contribution in [-0.2, 0) is 6.54 Å². The van der Waals surface area contributed by atoms with Gasteiger partial charge < -0.3 is 15.1 Å². The fourth-order valence-electron chi connectivity index (χ4n) is 7.25. The Balaban J connectivity index is 0.00000448. The van der Waals surface area contributed by atoms with Crippen molar-refractivity contribution in [3.05, 3.63) is 115 Å². The lowest BCUT2D eigenvalue weighted by Crippen LogP contribution is -2.41. The van der Waals surface area contributed by atoms with Crippen molar-refractivity contribution in [1.82, 2.24) is 23.7 Å². The zero-order valence-corrected chi connectivity index (χ0v) is 29.8. The van der Waals surface area contributed by atoms with Crippen LogP contribution in [0.3, 0.4) is 0 Å². The fraction of sp³-hybridized carbons (Fsp3) is 0.308. The number of imide groups is 1. The molecule has 12 heteroatoms. The number of pyridine rings is 1. The molecule has 0 aliphatic carbocycles. The second-order valence-electron chi connectivity index (χ2n) is 13.4. The second-order valence-corrected chi connectivity index (χ2v) is 13.4. The van der Waals surface area contributed by atoms with Gasteiger partial charge in [0, 0.05) is 47.2 Å². The topological polar surface area (TPSA) is 116 Å². The molecular weight excluding hydrogens is 668 g/mol. The minimum absolute atomic E-state index is 0. The number of hydrogen-bond donors (Lipinski definition) is 1. The molecule has 0 saturated carbocycles. The minimum atomic E-state index is -0.449. The molecule has 264 valence electrons. The van der Waals surface area contributed by atoms with Crippen molar-refractivity contribution < 1.29 is 9.59 Å². The van der Waals surface area contributed by atoms with Crippen LogP contribution in [0.1, 0.15) is 40.0 Å². The summed E-state index contributed by atoms with van der Waals surface area (Å²) in [5, 5.41) is 6.10. The van der Waals surface area contributed by atoms with Crippen LogP contribution in [-0.4, -0.2) is 89.3 Å². The predicted molar refractivity (Wildman–Crippen MR) is 205 cm³/mol. The lowest BCUT2D eigenvalue weighted by molar-refractivity contribution is 0.0605. The highest BCUT2D eigenvalue weighted by molar-refractivity contribution is 6.25. The number of anilines is 1. The fourth-order valence-corrected chi connectivity index (χ4v) is 7.25. The third-order valence-corrected chi connectivity index (χ3v) is 9.71. The summed E-state index contributed by atoms with van der Waals surface area (Å²) in [5.41, 5.74) is 1.46. The van der Waals surface area contributed by atoms with Crippen molar-refractivity contribution in [2.45, 2.75) is 25.8 Å². The van der Waals surface area contributed by atoms with Crippen molar-refractivity contribution in [2.24, 2.45) is 0 Å². The molecule has 0 atom stereocenters. The van der Waals surface area contributed by atoms with Crippen molar-refractivity contribution in [2.75, 3.05) is 59.2 Å². The number of carbonyl (C=O) groups excluding carboxylic acids is 2. The summed E-state index contributed by atoms with van der Waals surface area (Å²) in [4.78, 5) is 73.3. The predicted octanol–water partition coefficient (Wildman–Crippen LogP) is 4.51. The molecule has 0 saturated heterocycles. The summed E-state index contributed by atoms with van der Waals surface area (Å²) in [5.74, 6) is -0.507. The average Bonchev–Trinajstić information content (AvgIpc) is 3.11. The molecule has 51 heavy (non-hydrogen) atoms. The number of nitrogens with one attached hydrogen (secondary N) is 1. The van der Waals surface area contributed by atoms with Gasteiger partial charge in [-0.25, -0.2) is 4.79 Å². The number of aromatic nitrogens is 2. The Labute approximate surface area is 300 Å². The molecule has 3 heterocycles. The molecule has 11 nitrogen and oxygen atoms in total. The van der Waals surface area contributed by atoms with Gasteiger partial charge in [-0.1, -0.05) is 36.4 Å². The van der Waals surface area contributed by atoms with Gasteiger partial charge in [-0.15, -0.1) is 12.4 Å². The standard InChI is InChI=1S/C39H40N6O5.ClH/c1-41(2)20-9-24-44-38(49)29-17-18-30(33-34(29)45(39(44)50)31-16-5-4-13-26(31)35(33)46)40-19-8-21-42(3)22-10-23-43-36(47)27-14-6-11-25-12-7-15-28(32(25)27)37(43)48;/h4-7,11-18,40H,8-10,19-24H2,1-3H3;1H. The van der Waals surface area contributed by atoms with Crippen molar-refractivity contribution in [3.8, 4) is 0 Å². The van der Waals surface area contributed by atoms with Crippen LogP contribution in [0.4, 0.5) is 5.69 Å². The Morgan fingerprint density at radius 1 is 0.667 bits per heavy atom. The number of amides is 2. The van der Waals surface area contributed by atoms with Gasteiger partial charge in [-0.3, -0.25) is 33.0 Å². The number of halogens is 1. The molecule has 1 aliphatic heterocycles. The Hall–Kier alpha value is -5.10. The quantitative estimate of drug-likeness (QED) is 0.0807. The SMILES string of the molecule is CN(C)CCCn1c(=O)c2ccc(NCCCN(C)CCCN3C(=O)c4cccc5cccc(c45)C3=O)c3c(=O)c4ccccc4n(c1=O)c23.Cl. The summed E-state index contributed by atoms with van der Waals surface area (Å²) in [6, 6.07) is 21.6. The van der Waals surface area contributed by atoms with E-state index in [1.54, 1.807) is 48.5 Å². The van der Waals surface area contributed by atoms with E-state index in [0.29, 0.717) is 76.5 Å². The smallest absolute Gasteiger partial charge is 0.336 e. The zero-order chi connectivity index (χ0) is 35.1. The van der Waals surface area contributed by atoms with Crippen molar-refractivity contribution in [3.63, 3.8) is 0 Å². The van der Waals surface area contributed by atoms with E-state index in [0.717, 1.165) is 30.3 Å². The summed E-state index contributed by atoms with van der Waals surface area (Å²) < 4.78 is 2.80. The maximum absolute atomic E-state index is 13.9. The molecular formula is C39H41ClN6O5. The van der Waals surface area contributed by atoms with Crippen LogP contribution in [0, 0.1) is 0 Å². The van der Waals surface area contributed by atoms with Crippen LogP contribution in [0.25, 0.3) is 38.0 Å². The molecule has 0 bridgehead atoms. The van der Waals surface area contributed by atoms with E-state index < -0.39 is 11.2 Å². The number of carbonyl (C=O) groups is 2. The lowest BCUT2D eigenvalue weighted by Gasteiger charge is -2.28. The number of para-hydroxylation sites is 1. The van der Waals surface area contributed by atoms with Crippen molar-refractivity contribution >= 4 is 67.9 Å². The minimum Gasteiger partial charge on any atom is -0.384 e. The maximum Gasteiger partial charge on any atom is 0.336 e. The molecule has 0 unspecified atom stereocenters. The summed E-state index contributed by atoms with van der Waals surface area (Å²) >= 11 is 0. The largest absolute Gasteiger partial charge is 0.384 e. The zero-order valence-electron chi connectivity index (χ0n) is 29.0. The third-order valence-electron chi connectivity index (χ3n) is 9.71. The van der Waals surface area contributed by atoms with Gasteiger partial charge in [-0.2, -0.15) is 0 Å². The van der Waals surface area contributed by atoms with Gasteiger partial charge in [0.15, 0.2) is 5.43 Å². The molecule has 0 radical (unpaired) electrons. The highest BCUT2D eigenvalue weighted by Crippen LogP contribution is 2.30. The van der Waals surface area contributed by atoms with Gasteiger partial charge in [-0.05, 0) is 102 Å². The van der Waals surface area contributed by atoms with E-state index in [2.05, 4.69) is 10.2 Å². The third kappa shape index (κ3) is 6.37. The van der Waals surface area contributed by atoms with E-state index in [-0.39, 0.29) is 36.2 Å². The van der Waals surface area contributed by atoms with Gasteiger partial charge in [0.1, 0.15) is 0 Å². The molecule has 0 fully saturated rings. The van der Waals surface area contributed by atoms with Gasteiger partial charge >= 0.3 is 5.69 Å². The van der Waals surface area contributed by atoms with Crippen LogP contribution in [0.5, 0.6) is 0 Å². The maximum atomic E-state index is 13.9. The first-order chi connectivity index (χ1) is 24.2. The highest BCUT2D eigenvalue weighted by Gasteiger charge is 2.32. The van der Waals surface area contributed by atoms with E-state index in [9.17, 15) is 24.0 Å². The average molecular weight is 709 g/mol. The molecule has 0 spiro atoms. The Bertz CT molecular complexity index is 2420. The Morgan fingerprint density at radius 3 is 2.04 bits per heavy atom. The molecule has 1 aliphatic rings. The van der Waals surface area contributed by atoms with Crippen LogP contribution < -0.4 is 22.0 Å². The molecule has 4 aromatic carbocycles. The summed E-state index contributed by atoms with van der Waals surface area (Å²) in [6.07, 6.45) is 2.01. The normalized spacial score (nSPS) is 13.0. The Kier molecular flexibility index (Phi) is 10.2. The molecule has 2 amide bonds. The van der Waals surface area contributed by atoms with E-state index in [4.69, 9.17) is 0 Å². The van der Waals surface area contributed by atoms with Crippen molar-refractivity contribution in [1.29, 1.82) is 0 Å². The van der Waals surface area contributed by atoms with Gasteiger partial charge in [0.25, 0.3) is 17.4 Å². The molecule has 1 N–H and O–H groups in total. The van der Waals surface area contributed by atoms with Crippen LogP contribution in [0.2, 0.25) is 0 Å². The first-order valence-electron chi connectivity index (χ1n) is 17.1. The van der Waals surface area contributed by atoms with Gasteiger partial charge in [0.2, 0.25) is 0 Å². The van der Waals surface area contributed by atoms with Gasteiger partial charge in [0.05, 0.1) is 21.8 Å². The molecule has 6 aromatic rings. The second kappa shape index (κ2) is 14.6. The monoisotopic (exact) mass is 708 g/mol. The lowest BCUT2D eigenvalue weighted by atomic mass is 9.94. The first-order valence-corrected chi connectivity index (χ1v) is 17.1. The Morgan fingerprint density at radius 2 is 1.33 bits per heavy atom. The van der Waals surface area contributed by atoms with Crippen LogP contribution in [0.15, 0.2) is 87.2 Å². The number of nitrogens with zero attached hydrogens (tertiary/aromatic N) is 5. The van der Waals surface area contributed by atoms with E-state index in [1.807, 2.05) is 50.3 Å². The first kappa shape index (κ1) is 35.7. The number of rotatable bonds is 13.